The topological polar surface area (TPSA) is 112 Å². The molecular formula is C36H48F2O8. The zero-order valence-corrected chi connectivity index (χ0v) is 26.7. The molecule has 0 aliphatic carbocycles. The number of carbonyl (C=O) groups excluding carboxylic acids is 2. The summed E-state index contributed by atoms with van der Waals surface area (Å²) in [6, 6.07) is 11.6. The molecular weight excluding hydrogens is 598 g/mol. The molecule has 46 heavy (non-hydrogen) atoms. The number of hydrogen-bond donors (Lipinski definition) is 2. The first-order valence-corrected chi connectivity index (χ1v) is 15.9. The molecule has 0 aliphatic rings. The number of rotatable bonds is 25. The molecule has 0 amide bonds. The highest BCUT2D eigenvalue weighted by atomic mass is 19.1. The standard InChI is InChI=1S/C36H48F2O8/c1-27(25-39)35(41)45-21-19-43-31-15-13-29(11-7-3-5-9-17-37)33(23-31)34-24-32(44-20-22-46-36(42)28(2)26-40)16-14-30(34)12-8-4-6-10-18-38/h13-16,23-24,39-40H,1-12,17-22,25-26H2. The minimum Gasteiger partial charge on any atom is -0.490 e. The molecule has 0 aromatic heterocycles. The number of unbranched alkanes of at least 4 members (excludes halogenated alkanes) is 6. The van der Waals surface area contributed by atoms with Crippen LogP contribution in [0.3, 0.4) is 0 Å². The lowest BCUT2D eigenvalue weighted by Gasteiger charge is -2.18. The maximum absolute atomic E-state index is 12.6. The van der Waals surface area contributed by atoms with Gasteiger partial charge >= 0.3 is 11.9 Å². The number of alkyl halides is 2. The summed E-state index contributed by atoms with van der Waals surface area (Å²) in [5.74, 6) is -0.221. The van der Waals surface area contributed by atoms with E-state index in [9.17, 15) is 18.4 Å². The van der Waals surface area contributed by atoms with E-state index in [0.29, 0.717) is 24.3 Å². The fourth-order valence-electron chi connectivity index (χ4n) is 4.68. The quantitative estimate of drug-likeness (QED) is 0.0721. The van der Waals surface area contributed by atoms with Crippen molar-refractivity contribution in [2.45, 2.75) is 64.2 Å². The molecule has 0 spiro atoms. The second-order valence-corrected chi connectivity index (χ2v) is 10.8. The summed E-state index contributed by atoms with van der Waals surface area (Å²) in [7, 11) is 0. The largest absolute Gasteiger partial charge is 0.490 e. The average molecular weight is 647 g/mol. The Morgan fingerprint density at radius 2 is 0.978 bits per heavy atom. The Kier molecular flexibility index (Phi) is 19.0. The maximum Gasteiger partial charge on any atom is 0.335 e. The van der Waals surface area contributed by atoms with E-state index < -0.39 is 25.2 Å². The van der Waals surface area contributed by atoms with E-state index in [1.54, 1.807) is 0 Å². The second kappa shape index (κ2) is 22.7. The predicted octanol–water partition coefficient (Wildman–Crippen LogP) is 6.44. The number of hydrogen-bond acceptors (Lipinski definition) is 8. The van der Waals surface area contributed by atoms with Crippen LogP contribution in [0.5, 0.6) is 11.5 Å². The number of esters is 2. The first kappa shape index (κ1) is 38.4. The summed E-state index contributed by atoms with van der Waals surface area (Å²) < 4.78 is 47.3. The van der Waals surface area contributed by atoms with Crippen molar-refractivity contribution in [3.05, 3.63) is 71.8 Å². The molecule has 8 nitrogen and oxygen atoms in total. The Balaban J connectivity index is 2.32. The third kappa shape index (κ3) is 14.1. The van der Waals surface area contributed by atoms with E-state index in [0.717, 1.165) is 73.6 Å². The monoisotopic (exact) mass is 646 g/mol. The van der Waals surface area contributed by atoms with Gasteiger partial charge in [0.15, 0.2) is 0 Å². The van der Waals surface area contributed by atoms with Crippen LogP contribution < -0.4 is 9.47 Å². The van der Waals surface area contributed by atoms with Crippen molar-refractivity contribution in [1.29, 1.82) is 0 Å². The lowest BCUT2D eigenvalue weighted by molar-refractivity contribution is -0.141. The van der Waals surface area contributed by atoms with Crippen molar-refractivity contribution >= 4 is 11.9 Å². The summed E-state index contributed by atoms with van der Waals surface area (Å²) in [6.45, 7) is 5.45. The minimum absolute atomic E-state index is 0.0206. The summed E-state index contributed by atoms with van der Waals surface area (Å²) in [4.78, 5) is 23.6. The van der Waals surface area contributed by atoms with E-state index in [1.807, 2.05) is 36.4 Å². The van der Waals surface area contributed by atoms with Crippen molar-refractivity contribution in [3.63, 3.8) is 0 Å². The van der Waals surface area contributed by atoms with Crippen molar-refractivity contribution in [1.82, 2.24) is 0 Å². The molecule has 0 saturated heterocycles. The van der Waals surface area contributed by atoms with Gasteiger partial charge in [-0.2, -0.15) is 0 Å². The number of benzene rings is 2. The molecule has 0 bridgehead atoms. The average Bonchev–Trinajstić information content (AvgIpc) is 3.08. The zero-order valence-electron chi connectivity index (χ0n) is 26.7. The SMILES string of the molecule is C=C(CO)C(=O)OCCOc1ccc(CCCCCCF)c(-c2cc(OCCOC(=O)C(=C)CO)ccc2CCCCCCF)c1. The molecule has 0 fully saturated rings. The molecule has 2 N–H and O–H groups in total. The normalized spacial score (nSPS) is 10.8. The molecule has 0 heterocycles. The van der Waals surface area contributed by atoms with E-state index in [-0.39, 0.29) is 50.9 Å². The molecule has 2 aromatic rings. The Hall–Kier alpha value is -3.76. The Morgan fingerprint density at radius 3 is 1.35 bits per heavy atom. The smallest absolute Gasteiger partial charge is 0.335 e. The summed E-state index contributed by atoms with van der Waals surface area (Å²) in [5.41, 5.74) is 4.00. The second-order valence-electron chi connectivity index (χ2n) is 10.8. The van der Waals surface area contributed by atoms with Crippen LogP contribution in [-0.4, -0.2) is 75.1 Å². The van der Waals surface area contributed by atoms with Gasteiger partial charge in [0.05, 0.1) is 37.7 Å². The highest BCUT2D eigenvalue weighted by molar-refractivity contribution is 5.88. The minimum atomic E-state index is -0.684. The predicted molar refractivity (Wildman–Crippen MR) is 174 cm³/mol. The number of halogens is 2. The van der Waals surface area contributed by atoms with Crippen LogP contribution in [0.1, 0.15) is 62.5 Å². The van der Waals surface area contributed by atoms with Gasteiger partial charge in [-0.1, -0.05) is 51.0 Å². The fourth-order valence-corrected chi connectivity index (χ4v) is 4.68. The molecule has 2 aromatic carbocycles. The molecule has 10 heteroatoms. The Morgan fingerprint density at radius 1 is 0.587 bits per heavy atom. The molecule has 0 radical (unpaired) electrons. The van der Waals surface area contributed by atoms with Crippen LogP contribution in [-0.2, 0) is 31.9 Å². The third-order valence-corrected chi connectivity index (χ3v) is 7.24. The highest BCUT2D eigenvalue weighted by Crippen LogP contribution is 2.35. The molecule has 0 aliphatic heterocycles. The van der Waals surface area contributed by atoms with Gasteiger partial charge in [0.2, 0.25) is 0 Å². The number of aliphatic hydroxyl groups excluding tert-OH is 2. The lowest BCUT2D eigenvalue weighted by atomic mass is 9.90. The molecule has 0 saturated carbocycles. The lowest BCUT2D eigenvalue weighted by Crippen LogP contribution is -2.15. The van der Waals surface area contributed by atoms with Gasteiger partial charge in [0.1, 0.15) is 37.9 Å². The zero-order chi connectivity index (χ0) is 33.6. The van der Waals surface area contributed by atoms with Crippen LogP contribution >= 0.6 is 0 Å². The molecule has 254 valence electrons. The Labute approximate surface area is 271 Å². The Bertz CT molecular complexity index is 1150. The van der Waals surface area contributed by atoms with Crippen LogP contribution in [0.15, 0.2) is 60.7 Å². The first-order valence-electron chi connectivity index (χ1n) is 15.9. The van der Waals surface area contributed by atoms with Crippen LogP contribution in [0.4, 0.5) is 8.78 Å². The van der Waals surface area contributed by atoms with Gasteiger partial charge in [-0.15, -0.1) is 0 Å². The number of aryl methyl sites for hydroxylation is 2. The summed E-state index contributed by atoms with van der Waals surface area (Å²) >= 11 is 0. The van der Waals surface area contributed by atoms with Crippen LogP contribution in [0, 0.1) is 0 Å². The van der Waals surface area contributed by atoms with Crippen LogP contribution in [0.2, 0.25) is 0 Å². The summed E-state index contributed by atoms with van der Waals surface area (Å²) in [5, 5.41) is 18.1. The highest BCUT2D eigenvalue weighted by Gasteiger charge is 2.15. The van der Waals surface area contributed by atoms with Gasteiger partial charge in [-0.05, 0) is 85.0 Å². The van der Waals surface area contributed by atoms with Gasteiger partial charge in [0, 0.05) is 0 Å². The number of ether oxygens (including phenoxy) is 4. The van der Waals surface area contributed by atoms with Crippen molar-refractivity contribution in [2.75, 3.05) is 53.0 Å². The van der Waals surface area contributed by atoms with Crippen LogP contribution in [0.25, 0.3) is 11.1 Å². The van der Waals surface area contributed by atoms with Gasteiger partial charge in [-0.25, -0.2) is 9.59 Å². The van der Waals surface area contributed by atoms with Crippen molar-refractivity contribution < 1.29 is 47.5 Å². The van der Waals surface area contributed by atoms with E-state index >= 15 is 0 Å². The van der Waals surface area contributed by atoms with Crippen molar-refractivity contribution in [2.24, 2.45) is 0 Å². The van der Waals surface area contributed by atoms with Gasteiger partial charge < -0.3 is 29.2 Å². The fraction of sp³-hybridized carbons (Fsp3) is 0.500. The van der Waals surface area contributed by atoms with E-state index in [4.69, 9.17) is 29.2 Å². The summed E-state index contributed by atoms with van der Waals surface area (Å²) in [6.07, 6.45) is 7.85. The van der Waals surface area contributed by atoms with Crippen molar-refractivity contribution in [3.8, 4) is 22.6 Å². The van der Waals surface area contributed by atoms with E-state index in [1.165, 1.54) is 0 Å². The molecule has 2 rings (SSSR count). The maximum atomic E-state index is 12.6. The first-order chi connectivity index (χ1) is 22.3. The van der Waals surface area contributed by atoms with Gasteiger partial charge in [-0.3, -0.25) is 8.78 Å². The third-order valence-electron chi connectivity index (χ3n) is 7.24. The van der Waals surface area contributed by atoms with E-state index in [2.05, 4.69) is 13.2 Å². The number of carbonyl (C=O) groups is 2. The van der Waals surface area contributed by atoms with Gasteiger partial charge in [0.25, 0.3) is 0 Å². The molecule has 0 unspecified atom stereocenters. The number of aliphatic hydroxyl groups is 2. The molecule has 0 atom stereocenters.